The maximum atomic E-state index is 11.2. The predicted octanol–water partition coefficient (Wildman–Crippen LogP) is 1.03. The molecule has 0 aliphatic heterocycles. The molecule has 0 aliphatic carbocycles. The van der Waals surface area contributed by atoms with E-state index in [0.717, 1.165) is 23.1 Å². The first kappa shape index (κ1) is 11.7. The van der Waals surface area contributed by atoms with Crippen molar-refractivity contribution in [2.24, 2.45) is 5.73 Å². The van der Waals surface area contributed by atoms with Crippen molar-refractivity contribution in [1.82, 2.24) is 9.97 Å². The quantitative estimate of drug-likeness (QED) is 0.739. The molecular formula is C12H18N4O. The maximum Gasteiger partial charge on any atom is 0.323 e. The highest BCUT2D eigenvalue weighted by Crippen LogP contribution is 2.20. The first-order valence-corrected chi connectivity index (χ1v) is 5.77. The molecule has 0 saturated carbocycles. The van der Waals surface area contributed by atoms with Crippen LogP contribution in [0.25, 0.3) is 11.0 Å². The van der Waals surface area contributed by atoms with E-state index < -0.39 is 0 Å². The van der Waals surface area contributed by atoms with Gasteiger partial charge in [0.15, 0.2) is 0 Å². The first-order valence-electron chi connectivity index (χ1n) is 5.77. The summed E-state index contributed by atoms with van der Waals surface area (Å²) < 4.78 is 0. The van der Waals surface area contributed by atoms with Gasteiger partial charge in [0.05, 0.1) is 11.0 Å². The lowest BCUT2D eigenvalue weighted by Gasteiger charge is -2.26. The molecule has 5 heteroatoms. The fourth-order valence-electron chi connectivity index (χ4n) is 1.93. The molecule has 0 aliphatic rings. The van der Waals surface area contributed by atoms with Gasteiger partial charge in [0.2, 0.25) is 0 Å². The summed E-state index contributed by atoms with van der Waals surface area (Å²) >= 11 is 0. The van der Waals surface area contributed by atoms with Crippen LogP contribution in [0.1, 0.15) is 13.3 Å². The normalized spacial score (nSPS) is 12.9. The molecule has 5 nitrogen and oxygen atoms in total. The van der Waals surface area contributed by atoms with E-state index in [0.29, 0.717) is 12.6 Å². The molecule has 1 aromatic heterocycles. The molecule has 1 atom stereocenters. The summed E-state index contributed by atoms with van der Waals surface area (Å²) in [5.74, 6) is 0. The van der Waals surface area contributed by atoms with Crippen LogP contribution in [0, 0.1) is 0 Å². The predicted molar refractivity (Wildman–Crippen MR) is 70.5 cm³/mol. The molecule has 17 heavy (non-hydrogen) atoms. The lowest BCUT2D eigenvalue weighted by molar-refractivity contribution is 0.635. The number of rotatable bonds is 4. The molecule has 0 bridgehead atoms. The number of nitrogens with one attached hydrogen (secondary N) is 2. The average molecular weight is 234 g/mol. The van der Waals surface area contributed by atoms with Crippen LogP contribution in [0.15, 0.2) is 23.0 Å². The molecule has 0 fully saturated rings. The molecule has 0 amide bonds. The summed E-state index contributed by atoms with van der Waals surface area (Å²) in [7, 11) is 2.03. The van der Waals surface area contributed by atoms with E-state index in [4.69, 9.17) is 5.73 Å². The van der Waals surface area contributed by atoms with Gasteiger partial charge < -0.3 is 20.6 Å². The van der Waals surface area contributed by atoms with Crippen LogP contribution >= 0.6 is 0 Å². The van der Waals surface area contributed by atoms with Crippen molar-refractivity contribution in [3.63, 3.8) is 0 Å². The van der Waals surface area contributed by atoms with E-state index in [9.17, 15) is 4.79 Å². The topological polar surface area (TPSA) is 77.9 Å². The zero-order valence-corrected chi connectivity index (χ0v) is 10.2. The van der Waals surface area contributed by atoms with Gasteiger partial charge in [0.25, 0.3) is 0 Å². The van der Waals surface area contributed by atoms with Crippen LogP contribution < -0.4 is 16.3 Å². The van der Waals surface area contributed by atoms with E-state index in [1.807, 2.05) is 25.2 Å². The summed E-state index contributed by atoms with van der Waals surface area (Å²) in [4.78, 5) is 18.8. The van der Waals surface area contributed by atoms with Crippen LogP contribution in [0.3, 0.4) is 0 Å². The summed E-state index contributed by atoms with van der Waals surface area (Å²) in [6.07, 6.45) is 0.943. The molecule has 2 rings (SSSR count). The number of fused-ring (bicyclic) bond motifs is 1. The standard InChI is InChI=1S/C12H18N4O/c1-8(5-6-13)16(2)9-3-4-10-11(7-9)15-12(17)14-10/h3-4,7-8H,5-6,13H2,1-2H3,(H2,14,15,17). The van der Waals surface area contributed by atoms with Crippen LogP contribution in [0.5, 0.6) is 0 Å². The SMILES string of the molecule is CC(CCN)N(C)c1ccc2[nH]c(=O)[nH]c2c1. The Hall–Kier alpha value is -1.75. The van der Waals surface area contributed by atoms with Gasteiger partial charge in [-0.15, -0.1) is 0 Å². The van der Waals surface area contributed by atoms with Gasteiger partial charge in [-0.3, -0.25) is 0 Å². The van der Waals surface area contributed by atoms with Crippen LogP contribution in [0.2, 0.25) is 0 Å². The number of aromatic nitrogens is 2. The van der Waals surface area contributed by atoms with Gasteiger partial charge in [-0.05, 0) is 38.1 Å². The van der Waals surface area contributed by atoms with Crippen molar-refractivity contribution in [1.29, 1.82) is 0 Å². The zero-order valence-electron chi connectivity index (χ0n) is 10.2. The molecule has 0 radical (unpaired) electrons. The number of H-pyrrole nitrogens is 2. The largest absolute Gasteiger partial charge is 0.372 e. The van der Waals surface area contributed by atoms with Gasteiger partial charge in [0, 0.05) is 18.8 Å². The smallest absolute Gasteiger partial charge is 0.323 e. The fraction of sp³-hybridized carbons (Fsp3) is 0.417. The van der Waals surface area contributed by atoms with Crippen molar-refractivity contribution in [3.8, 4) is 0 Å². The number of anilines is 1. The second-order valence-electron chi connectivity index (χ2n) is 4.35. The summed E-state index contributed by atoms with van der Waals surface area (Å²) in [5.41, 5.74) is 8.13. The van der Waals surface area contributed by atoms with E-state index in [1.165, 1.54) is 0 Å². The Kier molecular flexibility index (Phi) is 3.19. The van der Waals surface area contributed by atoms with Crippen LogP contribution in [-0.4, -0.2) is 29.6 Å². The van der Waals surface area contributed by atoms with E-state index in [-0.39, 0.29) is 5.69 Å². The number of aromatic amines is 2. The molecule has 1 heterocycles. The van der Waals surface area contributed by atoms with Gasteiger partial charge in [-0.25, -0.2) is 4.79 Å². The third kappa shape index (κ3) is 2.34. The lowest BCUT2D eigenvalue weighted by Crippen LogP contribution is -2.30. The number of imidazole rings is 1. The Morgan fingerprint density at radius 2 is 2.06 bits per heavy atom. The molecule has 1 aromatic carbocycles. The Morgan fingerprint density at radius 1 is 1.35 bits per heavy atom. The van der Waals surface area contributed by atoms with Crippen molar-refractivity contribution in [3.05, 3.63) is 28.7 Å². The second kappa shape index (κ2) is 4.63. The molecular weight excluding hydrogens is 216 g/mol. The molecule has 4 N–H and O–H groups in total. The summed E-state index contributed by atoms with van der Waals surface area (Å²) in [6, 6.07) is 6.26. The minimum atomic E-state index is -0.171. The Labute approximate surface area is 99.6 Å². The minimum absolute atomic E-state index is 0.171. The highest BCUT2D eigenvalue weighted by molar-refractivity contribution is 5.79. The lowest BCUT2D eigenvalue weighted by atomic mass is 10.2. The Balaban J connectivity index is 2.32. The number of nitrogens with two attached hydrogens (primary N) is 1. The van der Waals surface area contributed by atoms with Gasteiger partial charge >= 0.3 is 5.69 Å². The third-order valence-corrected chi connectivity index (χ3v) is 3.15. The number of hydrogen-bond donors (Lipinski definition) is 3. The van der Waals surface area contributed by atoms with Crippen molar-refractivity contribution >= 4 is 16.7 Å². The number of hydrogen-bond acceptors (Lipinski definition) is 3. The number of benzene rings is 1. The first-order chi connectivity index (χ1) is 8.11. The van der Waals surface area contributed by atoms with Gasteiger partial charge in [-0.2, -0.15) is 0 Å². The monoisotopic (exact) mass is 234 g/mol. The van der Waals surface area contributed by atoms with Gasteiger partial charge in [-0.1, -0.05) is 0 Å². The highest BCUT2D eigenvalue weighted by atomic mass is 16.1. The maximum absolute atomic E-state index is 11.2. The van der Waals surface area contributed by atoms with Gasteiger partial charge in [0.1, 0.15) is 0 Å². The van der Waals surface area contributed by atoms with Crippen LogP contribution in [0.4, 0.5) is 5.69 Å². The van der Waals surface area contributed by atoms with E-state index >= 15 is 0 Å². The third-order valence-electron chi connectivity index (χ3n) is 3.15. The Morgan fingerprint density at radius 3 is 2.76 bits per heavy atom. The molecule has 2 aromatic rings. The molecule has 0 spiro atoms. The van der Waals surface area contributed by atoms with E-state index in [2.05, 4.69) is 21.8 Å². The van der Waals surface area contributed by atoms with Crippen molar-refractivity contribution in [2.75, 3.05) is 18.5 Å². The molecule has 1 unspecified atom stereocenters. The highest BCUT2D eigenvalue weighted by Gasteiger charge is 2.10. The molecule has 0 saturated heterocycles. The average Bonchev–Trinajstić information content (AvgIpc) is 2.67. The molecule has 92 valence electrons. The van der Waals surface area contributed by atoms with Crippen molar-refractivity contribution < 1.29 is 0 Å². The Bertz CT molecular complexity index is 557. The van der Waals surface area contributed by atoms with Crippen LogP contribution in [-0.2, 0) is 0 Å². The summed E-state index contributed by atoms with van der Waals surface area (Å²) in [5, 5.41) is 0. The minimum Gasteiger partial charge on any atom is -0.372 e. The van der Waals surface area contributed by atoms with E-state index in [1.54, 1.807) is 0 Å². The summed E-state index contributed by atoms with van der Waals surface area (Å²) in [6.45, 7) is 2.81. The van der Waals surface area contributed by atoms with Crippen molar-refractivity contribution in [2.45, 2.75) is 19.4 Å². The fourth-order valence-corrected chi connectivity index (χ4v) is 1.93. The zero-order chi connectivity index (χ0) is 12.4. The number of nitrogens with zero attached hydrogens (tertiary/aromatic N) is 1. The second-order valence-corrected chi connectivity index (χ2v) is 4.35.